The number of benzene rings is 1. The van der Waals surface area contributed by atoms with Crippen LogP contribution in [-0.2, 0) is 6.54 Å². The van der Waals surface area contributed by atoms with E-state index in [0.29, 0.717) is 11.9 Å². The monoisotopic (exact) mass is 329 g/mol. The lowest BCUT2D eigenvalue weighted by atomic mass is 10.3. The molecule has 19 heavy (non-hydrogen) atoms. The average molecular weight is 330 g/mol. The van der Waals surface area contributed by atoms with Gasteiger partial charge >= 0.3 is 0 Å². The second-order valence-electron chi connectivity index (χ2n) is 4.34. The summed E-state index contributed by atoms with van der Waals surface area (Å²) >= 11 is 3.02. The van der Waals surface area contributed by atoms with Crippen molar-refractivity contribution < 1.29 is 8.78 Å². The Morgan fingerprint density at radius 1 is 1.37 bits per heavy atom. The Morgan fingerprint density at radius 2 is 2.16 bits per heavy atom. The number of nitrogens with zero attached hydrogens (tertiary/aromatic N) is 4. The SMILES string of the molecule is Fc1ccc(Br)c(F)c1NCc1nnnn1C1CC1. The third-order valence-corrected chi connectivity index (χ3v) is 3.53. The van der Waals surface area contributed by atoms with Gasteiger partial charge in [-0.1, -0.05) is 0 Å². The average Bonchev–Trinajstić information content (AvgIpc) is 3.14. The van der Waals surface area contributed by atoms with Crippen molar-refractivity contribution in [3.63, 3.8) is 0 Å². The highest BCUT2D eigenvalue weighted by Gasteiger charge is 2.27. The maximum atomic E-state index is 13.8. The number of aromatic nitrogens is 4. The van der Waals surface area contributed by atoms with Gasteiger partial charge in [0.05, 0.1) is 17.1 Å². The molecule has 8 heteroatoms. The van der Waals surface area contributed by atoms with E-state index in [9.17, 15) is 8.78 Å². The van der Waals surface area contributed by atoms with Crippen molar-refractivity contribution in [2.24, 2.45) is 0 Å². The van der Waals surface area contributed by atoms with Crippen LogP contribution in [0.3, 0.4) is 0 Å². The van der Waals surface area contributed by atoms with Gasteiger partial charge in [-0.25, -0.2) is 13.5 Å². The predicted octanol–water partition coefficient (Wildman–Crippen LogP) is 2.66. The van der Waals surface area contributed by atoms with Crippen LogP contribution in [0.4, 0.5) is 14.5 Å². The van der Waals surface area contributed by atoms with Crippen LogP contribution in [0.15, 0.2) is 16.6 Å². The molecule has 1 N–H and O–H groups in total. The molecule has 1 aromatic carbocycles. The van der Waals surface area contributed by atoms with E-state index in [2.05, 4.69) is 36.8 Å². The largest absolute Gasteiger partial charge is 0.373 e. The number of rotatable bonds is 4. The topological polar surface area (TPSA) is 55.6 Å². The molecule has 1 aliphatic rings. The normalized spacial score (nSPS) is 14.7. The van der Waals surface area contributed by atoms with E-state index < -0.39 is 11.6 Å². The van der Waals surface area contributed by atoms with Gasteiger partial charge in [-0.3, -0.25) is 0 Å². The molecular weight excluding hydrogens is 320 g/mol. The smallest absolute Gasteiger partial charge is 0.170 e. The highest BCUT2D eigenvalue weighted by molar-refractivity contribution is 9.10. The number of hydrogen-bond acceptors (Lipinski definition) is 4. The molecule has 0 saturated heterocycles. The van der Waals surface area contributed by atoms with Crippen molar-refractivity contribution in [3.05, 3.63) is 34.1 Å². The summed E-state index contributed by atoms with van der Waals surface area (Å²) in [5.74, 6) is -0.738. The Hall–Kier alpha value is -1.57. The van der Waals surface area contributed by atoms with Gasteiger partial charge in [0.2, 0.25) is 0 Å². The zero-order valence-electron chi connectivity index (χ0n) is 9.78. The highest BCUT2D eigenvalue weighted by atomic mass is 79.9. The van der Waals surface area contributed by atoms with Crippen LogP contribution in [-0.4, -0.2) is 20.2 Å². The number of hydrogen-bond donors (Lipinski definition) is 1. The second-order valence-corrected chi connectivity index (χ2v) is 5.20. The van der Waals surface area contributed by atoms with Crippen LogP contribution in [0.2, 0.25) is 0 Å². The Kier molecular flexibility index (Phi) is 3.17. The summed E-state index contributed by atoms with van der Waals surface area (Å²) in [6, 6.07) is 2.84. The first-order valence-electron chi connectivity index (χ1n) is 5.81. The predicted molar refractivity (Wildman–Crippen MR) is 67.5 cm³/mol. The van der Waals surface area contributed by atoms with Crippen LogP contribution in [0.25, 0.3) is 0 Å². The first-order chi connectivity index (χ1) is 9.16. The van der Waals surface area contributed by atoms with E-state index in [0.717, 1.165) is 12.8 Å². The van der Waals surface area contributed by atoms with Crippen LogP contribution in [0, 0.1) is 11.6 Å². The van der Waals surface area contributed by atoms with Crippen molar-refractivity contribution in [1.29, 1.82) is 0 Å². The maximum absolute atomic E-state index is 13.8. The van der Waals surface area contributed by atoms with Crippen LogP contribution in [0.1, 0.15) is 24.7 Å². The molecular formula is C11H10BrF2N5. The minimum atomic E-state index is -0.662. The zero-order chi connectivity index (χ0) is 13.4. The van der Waals surface area contributed by atoms with Gasteiger partial charge in [-0.2, -0.15) is 0 Å². The van der Waals surface area contributed by atoms with Gasteiger partial charge in [0.15, 0.2) is 11.6 Å². The first kappa shape index (κ1) is 12.5. The summed E-state index contributed by atoms with van der Waals surface area (Å²) in [6.45, 7) is 0.174. The first-order valence-corrected chi connectivity index (χ1v) is 6.60. The Bertz CT molecular complexity index is 611. The lowest BCUT2D eigenvalue weighted by Crippen LogP contribution is -2.11. The van der Waals surface area contributed by atoms with Crippen LogP contribution >= 0.6 is 15.9 Å². The molecule has 2 aromatic rings. The summed E-state index contributed by atoms with van der Waals surface area (Å²) in [5.41, 5.74) is -0.181. The standard InChI is InChI=1S/C11H10BrF2N5/c12-7-3-4-8(13)11(10(7)14)15-5-9-16-17-18-19(9)6-1-2-6/h3-4,6,15H,1-2,5H2. The molecule has 1 aliphatic carbocycles. The lowest BCUT2D eigenvalue weighted by Gasteiger charge is -2.09. The molecule has 1 heterocycles. The summed E-state index contributed by atoms with van der Waals surface area (Å²) in [4.78, 5) is 0. The zero-order valence-corrected chi connectivity index (χ0v) is 11.4. The van der Waals surface area contributed by atoms with Crippen molar-refractivity contribution in [1.82, 2.24) is 20.2 Å². The molecule has 0 spiro atoms. The molecule has 1 saturated carbocycles. The summed E-state index contributed by atoms with van der Waals surface area (Å²) in [7, 11) is 0. The van der Waals surface area contributed by atoms with Crippen molar-refractivity contribution in [2.45, 2.75) is 25.4 Å². The van der Waals surface area contributed by atoms with Gasteiger partial charge < -0.3 is 5.32 Å². The van der Waals surface area contributed by atoms with E-state index in [1.54, 1.807) is 4.68 Å². The molecule has 0 aliphatic heterocycles. The van der Waals surface area contributed by atoms with Gasteiger partial charge in [-0.15, -0.1) is 5.10 Å². The summed E-state index contributed by atoms with van der Waals surface area (Å²) in [6.07, 6.45) is 2.08. The lowest BCUT2D eigenvalue weighted by molar-refractivity contribution is 0.574. The molecule has 0 radical (unpaired) electrons. The highest BCUT2D eigenvalue weighted by Crippen LogP contribution is 2.34. The van der Waals surface area contributed by atoms with Crippen molar-refractivity contribution in [2.75, 3.05) is 5.32 Å². The third-order valence-electron chi connectivity index (χ3n) is 2.92. The van der Waals surface area contributed by atoms with Gasteiger partial charge in [-0.05, 0) is 51.3 Å². The van der Waals surface area contributed by atoms with Gasteiger partial charge in [0, 0.05) is 0 Å². The van der Waals surface area contributed by atoms with Gasteiger partial charge in [0.25, 0.3) is 0 Å². The molecule has 0 unspecified atom stereocenters. The molecule has 3 rings (SSSR count). The number of anilines is 1. The molecule has 0 atom stereocenters. The van der Waals surface area contributed by atoms with Crippen LogP contribution < -0.4 is 5.32 Å². The minimum absolute atomic E-state index is 0.174. The second kappa shape index (κ2) is 4.84. The molecule has 0 amide bonds. The third kappa shape index (κ3) is 2.44. The van der Waals surface area contributed by atoms with E-state index in [4.69, 9.17) is 0 Å². The Morgan fingerprint density at radius 3 is 2.89 bits per heavy atom. The van der Waals surface area contributed by atoms with Gasteiger partial charge in [0.1, 0.15) is 11.5 Å². The van der Waals surface area contributed by atoms with E-state index >= 15 is 0 Å². The van der Waals surface area contributed by atoms with E-state index in [1.807, 2.05) is 0 Å². The summed E-state index contributed by atoms with van der Waals surface area (Å²) in [5, 5.41) is 14.0. The summed E-state index contributed by atoms with van der Waals surface area (Å²) < 4.78 is 29.2. The Balaban J connectivity index is 1.79. The molecule has 0 bridgehead atoms. The fraction of sp³-hybridized carbons (Fsp3) is 0.364. The van der Waals surface area contributed by atoms with Crippen LogP contribution in [0.5, 0.6) is 0 Å². The molecule has 5 nitrogen and oxygen atoms in total. The Labute approximate surface area is 116 Å². The number of halogens is 3. The van der Waals surface area contributed by atoms with Crippen molar-refractivity contribution >= 4 is 21.6 Å². The van der Waals surface area contributed by atoms with E-state index in [1.165, 1.54) is 12.1 Å². The fourth-order valence-corrected chi connectivity index (χ4v) is 2.12. The molecule has 1 fully saturated rings. The molecule has 100 valence electrons. The van der Waals surface area contributed by atoms with Crippen molar-refractivity contribution in [3.8, 4) is 0 Å². The van der Waals surface area contributed by atoms with E-state index in [-0.39, 0.29) is 16.7 Å². The number of nitrogens with one attached hydrogen (secondary N) is 1. The quantitative estimate of drug-likeness (QED) is 0.876. The maximum Gasteiger partial charge on any atom is 0.170 e. The minimum Gasteiger partial charge on any atom is -0.373 e. The molecule has 1 aromatic heterocycles. The number of tetrazole rings is 1. The fourth-order valence-electron chi connectivity index (χ4n) is 1.79.